The van der Waals surface area contributed by atoms with E-state index in [0.717, 1.165) is 41.7 Å². The Bertz CT molecular complexity index is 1220. The number of nitrogens with zero attached hydrogens (tertiary/aromatic N) is 1. The summed E-state index contributed by atoms with van der Waals surface area (Å²) >= 11 is 1.60. The van der Waals surface area contributed by atoms with Gasteiger partial charge in [-0.2, -0.15) is 0 Å². The normalized spacial score (nSPS) is 20.9. The zero-order chi connectivity index (χ0) is 24.2. The molecule has 2 unspecified atom stereocenters. The zero-order valence-corrected chi connectivity index (χ0v) is 20.1. The number of thiophene rings is 1. The van der Waals surface area contributed by atoms with Gasteiger partial charge in [-0.25, -0.2) is 4.39 Å². The summed E-state index contributed by atoms with van der Waals surface area (Å²) in [5.41, 5.74) is 2.10. The average molecular weight is 491 g/mol. The van der Waals surface area contributed by atoms with Crippen LogP contribution >= 0.6 is 11.3 Å². The van der Waals surface area contributed by atoms with Crippen LogP contribution in [0.15, 0.2) is 71.8 Å². The number of morpholine rings is 1. The number of benzene rings is 2. The van der Waals surface area contributed by atoms with Crippen molar-refractivity contribution in [2.45, 2.75) is 50.9 Å². The number of carbonyl (C=O) groups excluding carboxylic acids is 2. The van der Waals surface area contributed by atoms with E-state index in [1.165, 1.54) is 12.1 Å². The molecular weight excluding hydrogens is 463 g/mol. The first-order valence-corrected chi connectivity index (χ1v) is 12.8. The quantitative estimate of drug-likeness (QED) is 0.463. The number of nitrogens with one attached hydrogen (secondary N) is 1. The fourth-order valence-electron chi connectivity index (χ4n) is 4.76. The number of fused-ring (bicyclic) bond motifs is 1. The van der Waals surface area contributed by atoms with Gasteiger partial charge in [-0.05, 0) is 72.2 Å². The molecule has 1 aliphatic heterocycles. The minimum absolute atomic E-state index is 0.00825. The summed E-state index contributed by atoms with van der Waals surface area (Å²) in [6.07, 6.45) is 5.55. The molecule has 2 aromatic carbocycles. The Balaban J connectivity index is 1.32. The Morgan fingerprint density at radius 3 is 2.71 bits per heavy atom. The number of ether oxygens (including phenoxy) is 1. The lowest BCUT2D eigenvalue weighted by Crippen LogP contribution is -2.54. The molecule has 35 heavy (non-hydrogen) atoms. The van der Waals surface area contributed by atoms with Crippen molar-refractivity contribution in [3.8, 4) is 0 Å². The number of hydrogen-bond acceptors (Lipinski definition) is 4. The maximum absolute atomic E-state index is 13.8. The topological polar surface area (TPSA) is 58.6 Å². The third-order valence-electron chi connectivity index (χ3n) is 6.53. The molecule has 2 heterocycles. The van der Waals surface area contributed by atoms with E-state index in [4.69, 9.17) is 4.74 Å². The van der Waals surface area contributed by atoms with E-state index in [1.54, 1.807) is 35.6 Å². The molecule has 2 aliphatic rings. The third kappa shape index (κ3) is 5.46. The Morgan fingerprint density at radius 1 is 1.11 bits per heavy atom. The van der Waals surface area contributed by atoms with Crippen LogP contribution < -0.4 is 5.32 Å². The summed E-state index contributed by atoms with van der Waals surface area (Å²) < 4.78 is 19.9. The lowest BCUT2D eigenvalue weighted by Gasteiger charge is -2.44. The monoisotopic (exact) mass is 490 g/mol. The van der Waals surface area contributed by atoms with Crippen molar-refractivity contribution in [3.05, 3.63) is 99.2 Å². The Morgan fingerprint density at radius 2 is 1.94 bits per heavy atom. The van der Waals surface area contributed by atoms with E-state index in [-0.39, 0.29) is 29.8 Å². The van der Waals surface area contributed by atoms with Crippen molar-refractivity contribution in [1.82, 2.24) is 10.2 Å². The van der Waals surface area contributed by atoms with Gasteiger partial charge in [0.05, 0.1) is 12.6 Å². The van der Waals surface area contributed by atoms with E-state index >= 15 is 0 Å². The first-order valence-electron chi connectivity index (χ1n) is 11.9. The van der Waals surface area contributed by atoms with E-state index in [9.17, 15) is 14.0 Å². The molecule has 1 saturated heterocycles. The largest absolute Gasteiger partial charge is 0.482 e. The average Bonchev–Trinajstić information content (AvgIpc) is 3.39. The molecule has 1 N–H and O–H groups in total. The Labute approximate surface area is 208 Å². The molecule has 180 valence electrons. The maximum atomic E-state index is 13.8. The molecule has 5 rings (SSSR count). The second-order valence-electron chi connectivity index (χ2n) is 8.96. The summed E-state index contributed by atoms with van der Waals surface area (Å²) in [6.45, 7) is 0.843. The van der Waals surface area contributed by atoms with E-state index in [1.807, 2.05) is 40.6 Å². The number of carbonyl (C=O) groups is 2. The summed E-state index contributed by atoms with van der Waals surface area (Å²) in [5.74, 6) is -0.345. The molecule has 5 nitrogen and oxygen atoms in total. The minimum Gasteiger partial charge on any atom is -0.482 e. The SMILES string of the molecule is O=C(NCc1cccs1)c1ccc(/C=C2\OC3CCCCC3N(Cc3cccc(F)c3)C2=O)cc1. The van der Waals surface area contributed by atoms with Gasteiger partial charge >= 0.3 is 0 Å². The van der Waals surface area contributed by atoms with Gasteiger partial charge in [-0.3, -0.25) is 9.59 Å². The number of hydrogen-bond donors (Lipinski definition) is 1. The van der Waals surface area contributed by atoms with Crippen LogP contribution in [0.25, 0.3) is 6.08 Å². The molecule has 2 fully saturated rings. The highest BCUT2D eigenvalue weighted by Crippen LogP contribution is 2.34. The van der Waals surface area contributed by atoms with Crippen molar-refractivity contribution >= 4 is 29.2 Å². The number of rotatable bonds is 6. The molecule has 0 spiro atoms. The van der Waals surface area contributed by atoms with Crippen LogP contribution in [0.5, 0.6) is 0 Å². The van der Waals surface area contributed by atoms with Gasteiger partial charge in [0.2, 0.25) is 0 Å². The van der Waals surface area contributed by atoms with Crippen LogP contribution in [0.2, 0.25) is 0 Å². The zero-order valence-electron chi connectivity index (χ0n) is 19.3. The van der Waals surface area contributed by atoms with Crippen molar-refractivity contribution in [3.63, 3.8) is 0 Å². The van der Waals surface area contributed by atoms with Crippen molar-refractivity contribution in [2.24, 2.45) is 0 Å². The molecule has 3 aromatic rings. The molecule has 0 bridgehead atoms. The highest BCUT2D eigenvalue weighted by atomic mass is 32.1. The van der Waals surface area contributed by atoms with Gasteiger partial charge < -0.3 is 15.0 Å². The van der Waals surface area contributed by atoms with Crippen LogP contribution in [0.1, 0.15) is 52.0 Å². The predicted octanol–water partition coefficient (Wildman–Crippen LogP) is 5.53. The highest BCUT2D eigenvalue weighted by Gasteiger charge is 2.41. The second kappa shape index (κ2) is 10.4. The van der Waals surface area contributed by atoms with Gasteiger partial charge in [0.1, 0.15) is 11.9 Å². The second-order valence-corrected chi connectivity index (χ2v) is 10.00. The van der Waals surface area contributed by atoms with Crippen molar-refractivity contribution in [2.75, 3.05) is 0 Å². The highest BCUT2D eigenvalue weighted by molar-refractivity contribution is 7.09. The summed E-state index contributed by atoms with van der Waals surface area (Å²) in [7, 11) is 0. The lowest BCUT2D eigenvalue weighted by atomic mass is 9.89. The molecule has 2 atom stereocenters. The first kappa shape index (κ1) is 23.3. The molecule has 7 heteroatoms. The van der Waals surface area contributed by atoms with Crippen LogP contribution in [0.4, 0.5) is 4.39 Å². The summed E-state index contributed by atoms with van der Waals surface area (Å²) in [5, 5.41) is 4.90. The van der Waals surface area contributed by atoms with E-state index in [0.29, 0.717) is 24.4 Å². The van der Waals surface area contributed by atoms with Crippen LogP contribution in [-0.4, -0.2) is 28.9 Å². The number of amides is 2. The fourth-order valence-corrected chi connectivity index (χ4v) is 5.40. The smallest absolute Gasteiger partial charge is 0.289 e. The third-order valence-corrected chi connectivity index (χ3v) is 7.41. The Kier molecular flexibility index (Phi) is 6.95. The van der Waals surface area contributed by atoms with Gasteiger partial charge in [-0.15, -0.1) is 11.3 Å². The predicted molar refractivity (Wildman–Crippen MR) is 134 cm³/mol. The van der Waals surface area contributed by atoms with Gasteiger partial charge in [0.25, 0.3) is 11.8 Å². The van der Waals surface area contributed by atoms with Gasteiger partial charge in [-0.1, -0.05) is 36.8 Å². The molecule has 2 amide bonds. The minimum atomic E-state index is -0.307. The van der Waals surface area contributed by atoms with Gasteiger partial charge in [0.15, 0.2) is 5.76 Å². The molecular formula is C28H27FN2O3S. The molecule has 1 saturated carbocycles. The molecule has 1 aromatic heterocycles. The van der Waals surface area contributed by atoms with Crippen LogP contribution in [0, 0.1) is 5.82 Å². The maximum Gasteiger partial charge on any atom is 0.289 e. The van der Waals surface area contributed by atoms with Crippen molar-refractivity contribution in [1.29, 1.82) is 0 Å². The van der Waals surface area contributed by atoms with Gasteiger partial charge in [0, 0.05) is 17.0 Å². The van der Waals surface area contributed by atoms with E-state index in [2.05, 4.69) is 5.32 Å². The summed E-state index contributed by atoms with van der Waals surface area (Å²) in [6, 6.07) is 17.4. The van der Waals surface area contributed by atoms with Crippen LogP contribution in [0.3, 0.4) is 0 Å². The van der Waals surface area contributed by atoms with Crippen molar-refractivity contribution < 1.29 is 18.7 Å². The Hall–Kier alpha value is -3.45. The standard InChI is InChI=1S/C28H27FN2O3S/c29-22-6-3-5-20(15-22)18-31-24-8-1-2-9-25(24)34-26(28(31)33)16-19-10-12-21(13-11-19)27(32)30-17-23-7-4-14-35-23/h3-7,10-16,24-25H,1-2,8-9,17-18H2,(H,30,32)/b26-16-. The number of halogens is 1. The first-order chi connectivity index (χ1) is 17.1. The molecule has 0 radical (unpaired) electrons. The van der Waals surface area contributed by atoms with E-state index < -0.39 is 0 Å². The summed E-state index contributed by atoms with van der Waals surface area (Å²) in [4.78, 5) is 28.8. The fraction of sp³-hybridized carbons (Fsp3) is 0.286. The van der Waals surface area contributed by atoms with Crippen LogP contribution in [-0.2, 0) is 22.6 Å². The molecule has 1 aliphatic carbocycles. The lowest BCUT2D eigenvalue weighted by molar-refractivity contribution is -0.149.